The Morgan fingerprint density at radius 2 is 1.74 bits per heavy atom. The first-order valence-corrected chi connectivity index (χ1v) is 12.5. The van der Waals surface area contributed by atoms with E-state index in [9.17, 15) is 24.5 Å². The molecule has 194 valence electrons. The highest BCUT2D eigenvalue weighted by Crippen LogP contribution is 2.39. The quantitative estimate of drug-likeness (QED) is 0.129. The van der Waals surface area contributed by atoms with Gasteiger partial charge in [-0.25, -0.2) is 4.79 Å². The molecule has 0 aromatic heterocycles. The molecule has 3 aromatic rings. The number of esters is 1. The van der Waals surface area contributed by atoms with E-state index < -0.39 is 22.5 Å². The Morgan fingerprint density at radius 1 is 1.03 bits per heavy atom. The molecule has 1 saturated heterocycles. The molecular weight excluding hydrogens is 580 g/mol. The van der Waals surface area contributed by atoms with Gasteiger partial charge in [0.1, 0.15) is 0 Å². The average Bonchev–Trinajstić information content (AvgIpc) is 3.17. The van der Waals surface area contributed by atoms with Crippen molar-refractivity contribution in [2.75, 3.05) is 14.2 Å². The van der Waals surface area contributed by atoms with Crippen molar-refractivity contribution in [2.24, 2.45) is 0 Å². The summed E-state index contributed by atoms with van der Waals surface area (Å²) in [4.78, 5) is 49.5. The van der Waals surface area contributed by atoms with Crippen molar-refractivity contribution in [1.82, 2.24) is 4.90 Å². The Bertz CT molecular complexity index is 1470. The van der Waals surface area contributed by atoms with E-state index >= 15 is 0 Å². The highest BCUT2D eigenvalue weighted by molar-refractivity contribution is 9.10. The van der Waals surface area contributed by atoms with Crippen LogP contribution in [-0.4, -0.2) is 41.2 Å². The number of thioether (sulfide) groups is 1. The zero-order valence-corrected chi connectivity index (χ0v) is 22.4. The fraction of sp³-hybridized carbons (Fsp3) is 0.115. The third-order valence-electron chi connectivity index (χ3n) is 5.41. The normalized spacial score (nSPS) is 14.1. The number of amides is 2. The average molecular weight is 599 g/mol. The summed E-state index contributed by atoms with van der Waals surface area (Å²) in [5.41, 5.74) is 0.939. The molecule has 0 saturated carbocycles. The summed E-state index contributed by atoms with van der Waals surface area (Å²) in [5.74, 6) is -0.838. The molecule has 3 aromatic carbocycles. The van der Waals surface area contributed by atoms with Crippen LogP contribution >= 0.6 is 27.7 Å². The van der Waals surface area contributed by atoms with Gasteiger partial charge in [-0.2, -0.15) is 0 Å². The van der Waals surface area contributed by atoms with Crippen LogP contribution in [0, 0.1) is 10.1 Å². The van der Waals surface area contributed by atoms with Gasteiger partial charge >= 0.3 is 11.7 Å². The molecule has 1 aliphatic rings. The molecule has 0 spiro atoms. The molecule has 0 atom stereocenters. The second kappa shape index (κ2) is 11.5. The van der Waals surface area contributed by atoms with Gasteiger partial charge in [-0.1, -0.05) is 34.1 Å². The lowest BCUT2D eigenvalue weighted by atomic mass is 10.1. The van der Waals surface area contributed by atoms with Gasteiger partial charge < -0.3 is 14.2 Å². The number of ether oxygens (including phenoxy) is 3. The van der Waals surface area contributed by atoms with Crippen molar-refractivity contribution >= 4 is 56.6 Å². The van der Waals surface area contributed by atoms with E-state index in [2.05, 4.69) is 20.7 Å². The van der Waals surface area contributed by atoms with Gasteiger partial charge in [0.25, 0.3) is 11.1 Å². The lowest BCUT2D eigenvalue weighted by Crippen LogP contribution is -2.27. The Kier molecular flexibility index (Phi) is 8.13. The van der Waals surface area contributed by atoms with Crippen LogP contribution in [0.3, 0.4) is 0 Å². The first kappa shape index (κ1) is 26.9. The standard InChI is InChI=1S/C26H19BrN2O8S/c1-35-22-11-16(12-23-24(30)28(26(32)38-23)14-15-3-7-18(27)8-4-15)5-9-21(22)37-20-10-6-17(25(31)36-2)13-19(20)29(33)34/h3-13H,14H2,1-2H3/b23-12-. The van der Waals surface area contributed by atoms with E-state index in [1.165, 1.54) is 37.3 Å². The second-order valence-corrected chi connectivity index (χ2v) is 9.75. The lowest BCUT2D eigenvalue weighted by Gasteiger charge is -2.13. The number of benzene rings is 3. The third-order valence-corrected chi connectivity index (χ3v) is 6.85. The number of nitro benzene ring substituents is 1. The van der Waals surface area contributed by atoms with E-state index in [0.29, 0.717) is 5.56 Å². The highest BCUT2D eigenvalue weighted by Gasteiger charge is 2.35. The van der Waals surface area contributed by atoms with E-state index in [4.69, 9.17) is 9.47 Å². The summed E-state index contributed by atoms with van der Waals surface area (Å²) in [6.07, 6.45) is 1.56. The van der Waals surface area contributed by atoms with Gasteiger partial charge in [0, 0.05) is 10.5 Å². The minimum atomic E-state index is -0.720. The number of rotatable bonds is 8. The van der Waals surface area contributed by atoms with Crippen molar-refractivity contribution in [2.45, 2.75) is 6.54 Å². The summed E-state index contributed by atoms with van der Waals surface area (Å²) in [7, 11) is 2.57. The maximum absolute atomic E-state index is 12.9. The third kappa shape index (κ3) is 5.87. The summed E-state index contributed by atoms with van der Waals surface area (Å²) >= 11 is 4.19. The number of hydrogen-bond donors (Lipinski definition) is 0. The van der Waals surface area contributed by atoms with Crippen LogP contribution in [0.25, 0.3) is 6.08 Å². The maximum Gasteiger partial charge on any atom is 0.338 e. The Balaban J connectivity index is 1.56. The van der Waals surface area contributed by atoms with Crippen molar-refractivity contribution in [1.29, 1.82) is 0 Å². The number of hydrogen-bond acceptors (Lipinski definition) is 9. The molecule has 0 unspecified atom stereocenters. The van der Waals surface area contributed by atoms with Crippen molar-refractivity contribution in [3.63, 3.8) is 0 Å². The number of carbonyl (C=O) groups excluding carboxylic acids is 3. The summed E-state index contributed by atoms with van der Waals surface area (Å²) < 4.78 is 16.6. The minimum Gasteiger partial charge on any atom is -0.493 e. The van der Waals surface area contributed by atoms with Crippen molar-refractivity contribution < 1.29 is 33.5 Å². The van der Waals surface area contributed by atoms with E-state index in [0.717, 1.165) is 27.9 Å². The first-order chi connectivity index (χ1) is 18.2. The number of nitro groups is 1. The smallest absolute Gasteiger partial charge is 0.338 e. The fourth-order valence-electron chi connectivity index (χ4n) is 3.53. The Labute approximate surface area is 229 Å². The second-order valence-electron chi connectivity index (χ2n) is 7.84. The summed E-state index contributed by atoms with van der Waals surface area (Å²) in [6.45, 7) is 0.152. The van der Waals surface area contributed by atoms with Crippen LogP contribution in [0.4, 0.5) is 10.5 Å². The van der Waals surface area contributed by atoms with Crippen LogP contribution in [0.1, 0.15) is 21.5 Å². The molecular formula is C26H19BrN2O8S. The van der Waals surface area contributed by atoms with Gasteiger partial charge in [0.05, 0.1) is 36.2 Å². The maximum atomic E-state index is 12.9. The molecule has 10 nitrogen and oxygen atoms in total. The fourth-order valence-corrected chi connectivity index (χ4v) is 4.63. The van der Waals surface area contributed by atoms with Crippen LogP contribution in [0.15, 0.2) is 70.0 Å². The summed E-state index contributed by atoms with van der Waals surface area (Å²) in [5, 5.41) is 11.2. The molecule has 1 aliphatic heterocycles. The molecule has 4 rings (SSSR count). The molecule has 0 radical (unpaired) electrons. The summed E-state index contributed by atoms with van der Waals surface area (Å²) in [6, 6.07) is 15.7. The van der Waals surface area contributed by atoms with Crippen molar-refractivity contribution in [3.05, 3.63) is 96.8 Å². The molecule has 1 heterocycles. The largest absolute Gasteiger partial charge is 0.493 e. The molecule has 0 aliphatic carbocycles. The molecule has 12 heteroatoms. The molecule has 2 amide bonds. The van der Waals surface area contributed by atoms with E-state index in [1.54, 1.807) is 18.2 Å². The minimum absolute atomic E-state index is 0.00273. The number of carbonyl (C=O) groups is 3. The van der Waals surface area contributed by atoms with E-state index in [-0.39, 0.29) is 39.5 Å². The predicted molar refractivity (Wildman–Crippen MR) is 143 cm³/mol. The topological polar surface area (TPSA) is 125 Å². The van der Waals surface area contributed by atoms with Crippen LogP contribution < -0.4 is 9.47 Å². The number of halogens is 1. The molecule has 1 fully saturated rings. The van der Waals surface area contributed by atoms with Gasteiger partial charge in [-0.15, -0.1) is 0 Å². The van der Waals surface area contributed by atoms with Crippen LogP contribution in [-0.2, 0) is 16.1 Å². The molecule has 0 N–H and O–H groups in total. The monoisotopic (exact) mass is 598 g/mol. The zero-order valence-electron chi connectivity index (χ0n) is 20.0. The van der Waals surface area contributed by atoms with Crippen molar-refractivity contribution in [3.8, 4) is 17.2 Å². The number of imide groups is 1. The van der Waals surface area contributed by atoms with Gasteiger partial charge in [-0.05, 0) is 65.4 Å². The molecule has 38 heavy (non-hydrogen) atoms. The van der Waals surface area contributed by atoms with Gasteiger partial charge in [-0.3, -0.25) is 24.6 Å². The van der Waals surface area contributed by atoms with Crippen LogP contribution in [0.5, 0.6) is 17.2 Å². The number of nitrogens with zero attached hydrogens (tertiary/aromatic N) is 2. The molecule has 0 bridgehead atoms. The predicted octanol–water partition coefficient (Wildman–Crippen LogP) is 6.18. The van der Waals surface area contributed by atoms with E-state index in [1.807, 2.05) is 24.3 Å². The highest BCUT2D eigenvalue weighted by atomic mass is 79.9. The van der Waals surface area contributed by atoms with Gasteiger partial charge in [0.2, 0.25) is 5.75 Å². The number of methoxy groups -OCH3 is 2. The Morgan fingerprint density at radius 3 is 2.39 bits per heavy atom. The SMILES string of the molecule is COC(=O)c1ccc(Oc2ccc(/C=C3\SC(=O)N(Cc4ccc(Br)cc4)C3=O)cc2OC)c([N+](=O)[O-])c1. The first-order valence-electron chi connectivity index (χ1n) is 10.9. The Hall–Kier alpha value is -4.16. The van der Waals surface area contributed by atoms with Crippen LogP contribution in [0.2, 0.25) is 0 Å². The van der Waals surface area contributed by atoms with Gasteiger partial charge in [0.15, 0.2) is 11.5 Å². The lowest BCUT2D eigenvalue weighted by molar-refractivity contribution is -0.385. The zero-order chi connectivity index (χ0) is 27.4.